The van der Waals surface area contributed by atoms with E-state index in [-0.39, 0.29) is 18.2 Å². The van der Waals surface area contributed by atoms with Gasteiger partial charge in [-0.05, 0) is 39.5 Å². The average molecular weight is 272 g/mol. The van der Waals surface area contributed by atoms with Gasteiger partial charge in [0.1, 0.15) is 5.60 Å². The van der Waals surface area contributed by atoms with Crippen LogP contribution in [0.25, 0.3) is 0 Å². The molecular weight excluding hydrogens is 248 g/mol. The fourth-order valence-corrected chi connectivity index (χ4v) is 2.54. The second-order valence-electron chi connectivity index (χ2n) is 6.13. The van der Waals surface area contributed by atoms with E-state index in [1.807, 2.05) is 25.7 Å². The van der Waals surface area contributed by atoms with Gasteiger partial charge in [0.05, 0.1) is 6.04 Å². The lowest BCUT2D eigenvalue weighted by atomic mass is 9.76. The molecule has 110 valence electrons. The normalized spacial score (nSPS) is 28.7. The fourth-order valence-electron chi connectivity index (χ4n) is 2.54. The molecule has 1 aliphatic carbocycles. The molecule has 0 bridgehead atoms. The number of likely N-dealkylation sites (tertiary alicyclic amines) is 1. The summed E-state index contributed by atoms with van der Waals surface area (Å²) < 4.78 is 5.35. The van der Waals surface area contributed by atoms with E-state index in [0.29, 0.717) is 5.92 Å². The molecule has 2 aliphatic rings. The van der Waals surface area contributed by atoms with Crippen molar-refractivity contribution in [3.8, 4) is 0 Å². The fraction of sp³-hybridized carbons (Fsp3) is 0.846. The lowest BCUT2D eigenvalue weighted by molar-refractivity contribution is -0.134. The number of nitrogens with zero attached hydrogens (tertiary/aromatic N) is 1. The first-order valence-electron chi connectivity index (χ1n) is 6.56. The van der Waals surface area contributed by atoms with Crippen LogP contribution < -0.4 is 5.73 Å². The molecule has 2 rings (SSSR count). The van der Waals surface area contributed by atoms with E-state index in [4.69, 9.17) is 20.4 Å². The topological polar surface area (TPSA) is 92.9 Å². The zero-order valence-electron chi connectivity index (χ0n) is 12.0. The molecule has 6 nitrogen and oxygen atoms in total. The maximum atomic E-state index is 11.8. The number of ether oxygens (including phenoxy) is 1. The van der Waals surface area contributed by atoms with Crippen molar-refractivity contribution in [2.24, 2.45) is 11.7 Å². The van der Waals surface area contributed by atoms with Gasteiger partial charge in [0.15, 0.2) is 0 Å². The second kappa shape index (κ2) is 5.77. The van der Waals surface area contributed by atoms with Crippen molar-refractivity contribution in [1.29, 1.82) is 0 Å². The Morgan fingerprint density at radius 2 is 1.89 bits per heavy atom. The molecule has 19 heavy (non-hydrogen) atoms. The smallest absolute Gasteiger partial charge is 0.410 e. The molecule has 2 fully saturated rings. The molecule has 6 heteroatoms. The largest absolute Gasteiger partial charge is 0.481 e. The molecule has 0 spiro atoms. The minimum absolute atomic E-state index is 0.157. The Kier molecular flexibility index (Phi) is 4.79. The molecular formula is C13H24N2O4. The Morgan fingerprint density at radius 3 is 2.32 bits per heavy atom. The lowest BCUT2D eigenvalue weighted by Gasteiger charge is -2.42. The summed E-state index contributed by atoms with van der Waals surface area (Å²) >= 11 is 0. The van der Waals surface area contributed by atoms with Crippen LogP contribution in [0.5, 0.6) is 0 Å². The van der Waals surface area contributed by atoms with Gasteiger partial charge in [-0.3, -0.25) is 4.79 Å². The molecule has 3 N–H and O–H groups in total. The van der Waals surface area contributed by atoms with E-state index >= 15 is 0 Å². The number of hydrogen-bond donors (Lipinski definition) is 2. The summed E-state index contributed by atoms with van der Waals surface area (Å²) in [7, 11) is 0. The Morgan fingerprint density at radius 1 is 1.37 bits per heavy atom. The number of carbonyl (C=O) groups excluding carboxylic acids is 1. The van der Waals surface area contributed by atoms with Gasteiger partial charge in [-0.15, -0.1) is 0 Å². The third-order valence-electron chi connectivity index (χ3n) is 3.23. The molecule has 0 aromatic rings. The number of carboxylic acids is 1. The number of amides is 1. The summed E-state index contributed by atoms with van der Waals surface area (Å²) in [6.07, 6.45) is 1.94. The van der Waals surface area contributed by atoms with Gasteiger partial charge in [-0.25, -0.2) is 4.79 Å². The second-order valence-corrected chi connectivity index (χ2v) is 6.13. The first-order chi connectivity index (χ1) is 8.61. The predicted octanol–water partition coefficient (Wildman–Crippen LogP) is 1.43. The van der Waals surface area contributed by atoms with Gasteiger partial charge < -0.3 is 20.5 Å². The van der Waals surface area contributed by atoms with Crippen LogP contribution in [0.15, 0.2) is 0 Å². The van der Waals surface area contributed by atoms with E-state index in [1.54, 1.807) is 0 Å². The monoisotopic (exact) mass is 272 g/mol. The van der Waals surface area contributed by atoms with Crippen LogP contribution >= 0.6 is 0 Å². The van der Waals surface area contributed by atoms with Gasteiger partial charge in [0, 0.05) is 19.5 Å². The maximum Gasteiger partial charge on any atom is 0.410 e. The van der Waals surface area contributed by atoms with Gasteiger partial charge >= 0.3 is 6.09 Å². The molecule has 1 saturated carbocycles. The van der Waals surface area contributed by atoms with Crippen LogP contribution in [0.4, 0.5) is 4.79 Å². The lowest BCUT2D eigenvalue weighted by Crippen LogP contribution is -2.58. The van der Waals surface area contributed by atoms with Crippen LogP contribution in [0.2, 0.25) is 0 Å². The molecule has 0 radical (unpaired) electrons. The van der Waals surface area contributed by atoms with E-state index < -0.39 is 11.6 Å². The Bertz CT molecular complexity index is 347. The van der Waals surface area contributed by atoms with E-state index in [9.17, 15) is 4.79 Å². The third kappa shape index (κ3) is 4.38. The van der Waals surface area contributed by atoms with Crippen molar-refractivity contribution in [3.05, 3.63) is 0 Å². The number of nitrogens with two attached hydrogens (primary N) is 1. The Balaban J connectivity index is 0.000000399. The Hall–Kier alpha value is -1.30. The summed E-state index contributed by atoms with van der Waals surface area (Å²) in [5, 5.41) is 7.42. The third-order valence-corrected chi connectivity index (χ3v) is 3.23. The van der Waals surface area contributed by atoms with E-state index in [2.05, 4.69) is 0 Å². The summed E-state index contributed by atoms with van der Waals surface area (Å²) in [4.78, 5) is 22.7. The van der Waals surface area contributed by atoms with Crippen molar-refractivity contribution >= 4 is 12.1 Å². The number of aliphatic carboxylic acids is 1. The van der Waals surface area contributed by atoms with Crippen LogP contribution in [-0.2, 0) is 9.53 Å². The number of rotatable bonds is 0. The molecule has 1 aliphatic heterocycles. The van der Waals surface area contributed by atoms with Crippen LogP contribution in [0, 0.1) is 5.92 Å². The van der Waals surface area contributed by atoms with Gasteiger partial charge in [0.25, 0.3) is 5.97 Å². The van der Waals surface area contributed by atoms with Crippen molar-refractivity contribution in [3.63, 3.8) is 0 Å². The Labute approximate surface area is 113 Å². The van der Waals surface area contributed by atoms with Crippen LogP contribution in [0.1, 0.15) is 40.5 Å². The minimum Gasteiger partial charge on any atom is -0.481 e. The highest BCUT2D eigenvalue weighted by atomic mass is 16.6. The quantitative estimate of drug-likeness (QED) is 0.696. The van der Waals surface area contributed by atoms with E-state index in [1.165, 1.54) is 0 Å². The van der Waals surface area contributed by atoms with Crippen molar-refractivity contribution in [2.45, 2.75) is 58.2 Å². The molecule has 1 amide bonds. The molecule has 1 heterocycles. The minimum atomic E-state index is -0.833. The van der Waals surface area contributed by atoms with Crippen LogP contribution in [-0.4, -0.2) is 46.3 Å². The van der Waals surface area contributed by atoms with Crippen molar-refractivity contribution in [2.75, 3.05) is 6.54 Å². The SMILES string of the molecule is CC(=O)O.CC(C)(C)OC(=O)N1CC[C@H]2C[C@H](N)[C@H]21. The first-order valence-corrected chi connectivity index (χ1v) is 6.56. The summed E-state index contributed by atoms with van der Waals surface area (Å²) in [6, 6.07) is 0.393. The number of fused-ring (bicyclic) bond motifs is 1. The molecule has 1 saturated heterocycles. The molecule has 3 atom stereocenters. The maximum absolute atomic E-state index is 11.8. The first kappa shape index (κ1) is 15.8. The number of hydrogen-bond acceptors (Lipinski definition) is 4. The highest BCUT2D eigenvalue weighted by Gasteiger charge is 2.49. The number of carboxylic acid groups (broad SMARTS) is 1. The average Bonchev–Trinajstić information content (AvgIpc) is 2.51. The highest BCUT2D eigenvalue weighted by molar-refractivity contribution is 5.69. The van der Waals surface area contributed by atoms with Gasteiger partial charge in [-0.1, -0.05) is 0 Å². The predicted molar refractivity (Wildman–Crippen MR) is 70.7 cm³/mol. The molecule has 0 aromatic carbocycles. The standard InChI is InChI=1S/C11H20N2O2.C2H4O2/c1-11(2,3)15-10(14)13-5-4-7-6-8(12)9(7)13;1-2(3)4/h7-9H,4-6,12H2,1-3H3;1H3,(H,3,4)/t7-,8-,9-;/m0./s1. The zero-order chi connectivity index (χ0) is 14.8. The number of carbonyl (C=O) groups is 2. The van der Waals surface area contributed by atoms with Crippen molar-refractivity contribution in [1.82, 2.24) is 4.90 Å². The van der Waals surface area contributed by atoms with Gasteiger partial charge in [-0.2, -0.15) is 0 Å². The van der Waals surface area contributed by atoms with E-state index in [0.717, 1.165) is 26.3 Å². The summed E-state index contributed by atoms with van der Waals surface area (Å²) in [6.45, 7) is 7.55. The summed E-state index contributed by atoms with van der Waals surface area (Å²) in [5.74, 6) is -0.215. The molecule has 0 aromatic heterocycles. The van der Waals surface area contributed by atoms with Crippen LogP contribution in [0.3, 0.4) is 0 Å². The molecule has 0 unspecified atom stereocenters. The summed E-state index contributed by atoms with van der Waals surface area (Å²) in [5.41, 5.74) is 5.49. The zero-order valence-corrected chi connectivity index (χ0v) is 12.0. The highest BCUT2D eigenvalue weighted by Crippen LogP contribution is 2.39. The van der Waals surface area contributed by atoms with Gasteiger partial charge in [0.2, 0.25) is 0 Å². The van der Waals surface area contributed by atoms with Crippen molar-refractivity contribution < 1.29 is 19.4 Å².